The molecule has 0 saturated carbocycles. The largest absolute Gasteiger partial charge is 0.319 e. The lowest BCUT2D eigenvalue weighted by Gasteiger charge is -1.98. The number of aromatic nitrogens is 1. The average molecular weight is 169 g/mol. The van der Waals surface area contributed by atoms with Gasteiger partial charge in [0.1, 0.15) is 12.4 Å². The molecule has 3 heteroatoms. The van der Waals surface area contributed by atoms with Crippen molar-refractivity contribution < 1.29 is 0 Å². The third-order valence-electron chi connectivity index (χ3n) is 1.81. The van der Waals surface area contributed by atoms with E-state index in [1.54, 1.807) is 12.3 Å². The van der Waals surface area contributed by atoms with Crippen molar-refractivity contribution in [2.45, 2.75) is 6.54 Å². The number of fused-ring (bicyclic) bond motifs is 1. The molecule has 0 radical (unpaired) electrons. The second kappa shape index (κ2) is 3.14. The number of nitrogens with zero attached hydrogens (tertiary/aromatic N) is 3. The minimum absolute atomic E-state index is 0.334. The smallest absolute Gasteiger partial charge is 0.141 e. The fourth-order valence-corrected chi connectivity index (χ4v) is 1.24. The fourth-order valence-electron chi connectivity index (χ4n) is 1.24. The Morgan fingerprint density at radius 3 is 3.38 bits per heavy atom. The number of hydrogen-bond acceptors (Lipinski definition) is 2. The lowest BCUT2D eigenvalue weighted by Crippen LogP contribution is -1.91. The van der Waals surface area contributed by atoms with Crippen LogP contribution in [0.1, 0.15) is 5.56 Å². The fraction of sp³-hybridized carbons (Fsp3) is 0.100. The highest BCUT2D eigenvalue weighted by Crippen LogP contribution is 2.22. The van der Waals surface area contributed by atoms with Crippen LogP contribution in [-0.2, 0) is 6.54 Å². The molecule has 0 saturated heterocycles. The van der Waals surface area contributed by atoms with Crippen molar-refractivity contribution in [2.75, 3.05) is 0 Å². The second-order valence-corrected chi connectivity index (χ2v) is 2.64. The van der Waals surface area contributed by atoms with Crippen LogP contribution in [0, 0.1) is 11.3 Å². The lowest BCUT2D eigenvalue weighted by atomic mass is 10.3. The van der Waals surface area contributed by atoms with Gasteiger partial charge in [0.2, 0.25) is 0 Å². The number of nitriles is 1. The Hall–Kier alpha value is -2.04. The van der Waals surface area contributed by atoms with Crippen LogP contribution < -0.4 is 0 Å². The highest BCUT2D eigenvalue weighted by Gasteiger charge is 2.04. The van der Waals surface area contributed by atoms with Crippen molar-refractivity contribution in [2.24, 2.45) is 4.99 Å². The normalized spacial score (nSPS) is 12.2. The van der Waals surface area contributed by atoms with Gasteiger partial charge in [-0.2, -0.15) is 5.26 Å². The quantitative estimate of drug-likeness (QED) is 0.592. The summed E-state index contributed by atoms with van der Waals surface area (Å²) < 4.78 is 1.81. The van der Waals surface area contributed by atoms with E-state index >= 15 is 0 Å². The predicted molar refractivity (Wildman–Crippen MR) is 50.7 cm³/mol. The summed E-state index contributed by atoms with van der Waals surface area (Å²) in [6.45, 7) is 0.334. The Kier molecular flexibility index (Phi) is 1.84. The topological polar surface area (TPSA) is 41.1 Å². The molecule has 1 aliphatic heterocycles. The molecule has 0 bridgehead atoms. The molecule has 0 spiro atoms. The van der Waals surface area contributed by atoms with Gasteiger partial charge in [0.05, 0.1) is 6.07 Å². The van der Waals surface area contributed by atoms with Crippen LogP contribution in [0.25, 0.3) is 6.08 Å². The predicted octanol–water partition coefficient (Wildman–Crippen LogP) is 1.90. The van der Waals surface area contributed by atoms with Gasteiger partial charge in [-0.1, -0.05) is 0 Å². The summed E-state index contributed by atoms with van der Waals surface area (Å²) >= 11 is 0. The third-order valence-corrected chi connectivity index (χ3v) is 1.81. The molecule has 0 aromatic carbocycles. The molecule has 0 atom stereocenters. The van der Waals surface area contributed by atoms with E-state index in [0.717, 1.165) is 11.4 Å². The van der Waals surface area contributed by atoms with Gasteiger partial charge in [0.15, 0.2) is 0 Å². The van der Waals surface area contributed by atoms with Crippen molar-refractivity contribution in [1.82, 2.24) is 4.57 Å². The first-order valence-corrected chi connectivity index (χ1v) is 3.93. The van der Waals surface area contributed by atoms with Crippen LogP contribution in [0.4, 0.5) is 5.82 Å². The van der Waals surface area contributed by atoms with E-state index in [1.165, 1.54) is 0 Å². The van der Waals surface area contributed by atoms with Gasteiger partial charge in [-0.15, -0.1) is 5.73 Å². The first-order valence-electron chi connectivity index (χ1n) is 3.93. The summed E-state index contributed by atoms with van der Waals surface area (Å²) in [7, 11) is 0. The van der Waals surface area contributed by atoms with E-state index in [4.69, 9.17) is 5.26 Å². The van der Waals surface area contributed by atoms with Crippen molar-refractivity contribution in [3.8, 4) is 6.07 Å². The SMILES string of the molecule is N#CCn1ccc2c1N=CC=C=C2. The van der Waals surface area contributed by atoms with Crippen LogP contribution in [0.3, 0.4) is 0 Å². The standard InChI is InChI=1S/C10H7N3/c11-5-8-13-7-4-9-3-1-2-6-12-10(9)13/h2-4,6-7H,8H2. The van der Waals surface area contributed by atoms with Crippen molar-refractivity contribution >= 4 is 18.1 Å². The van der Waals surface area contributed by atoms with E-state index in [9.17, 15) is 0 Å². The van der Waals surface area contributed by atoms with Crippen LogP contribution in [0.15, 0.2) is 29.1 Å². The summed E-state index contributed by atoms with van der Waals surface area (Å²) in [4.78, 5) is 4.20. The zero-order valence-electron chi connectivity index (χ0n) is 6.94. The number of aliphatic imine (C=N–C) groups is 1. The van der Waals surface area contributed by atoms with Crippen molar-refractivity contribution in [3.05, 3.63) is 29.6 Å². The van der Waals surface area contributed by atoms with Gasteiger partial charge in [-0.05, 0) is 18.2 Å². The Labute approximate surface area is 75.9 Å². The molecule has 0 fully saturated rings. The van der Waals surface area contributed by atoms with Crippen LogP contribution in [0.2, 0.25) is 0 Å². The maximum Gasteiger partial charge on any atom is 0.141 e. The zero-order valence-corrected chi connectivity index (χ0v) is 6.94. The molecular formula is C10H7N3. The van der Waals surface area contributed by atoms with Crippen molar-refractivity contribution in [1.29, 1.82) is 5.26 Å². The minimum atomic E-state index is 0.334. The number of hydrogen-bond donors (Lipinski definition) is 0. The molecule has 0 amide bonds. The van der Waals surface area contributed by atoms with Gasteiger partial charge in [0.25, 0.3) is 0 Å². The third kappa shape index (κ3) is 1.31. The zero-order chi connectivity index (χ0) is 9.10. The molecule has 62 valence electrons. The van der Waals surface area contributed by atoms with E-state index in [1.807, 2.05) is 22.9 Å². The maximum atomic E-state index is 8.55. The Morgan fingerprint density at radius 2 is 2.54 bits per heavy atom. The Balaban J connectivity index is 2.52. The molecule has 2 heterocycles. The monoisotopic (exact) mass is 169 g/mol. The second-order valence-electron chi connectivity index (χ2n) is 2.64. The van der Waals surface area contributed by atoms with Crippen LogP contribution in [-0.4, -0.2) is 10.8 Å². The van der Waals surface area contributed by atoms with E-state index in [-0.39, 0.29) is 0 Å². The van der Waals surface area contributed by atoms with E-state index in [0.29, 0.717) is 6.54 Å². The van der Waals surface area contributed by atoms with E-state index < -0.39 is 0 Å². The Morgan fingerprint density at radius 1 is 1.62 bits per heavy atom. The average Bonchev–Trinajstić information content (AvgIpc) is 2.38. The summed E-state index contributed by atoms with van der Waals surface area (Å²) in [6.07, 6.45) is 7.14. The maximum absolute atomic E-state index is 8.55. The van der Waals surface area contributed by atoms with Crippen molar-refractivity contribution in [3.63, 3.8) is 0 Å². The van der Waals surface area contributed by atoms with Gasteiger partial charge in [-0.3, -0.25) is 0 Å². The van der Waals surface area contributed by atoms with E-state index in [2.05, 4.69) is 16.8 Å². The van der Waals surface area contributed by atoms with Gasteiger partial charge in [0, 0.05) is 18.0 Å². The highest BCUT2D eigenvalue weighted by molar-refractivity contribution is 5.79. The summed E-state index contributed by atoms with van der Waals surface area (Å²) in [5, 5.41) is 8.55. The molecule has 0 N–H and O–H groups in total. The Bertz CT molecular complexity index is 451. The molecule has 1 aromatic heterocycles. The first kappa shape index (κ1) is 7.60. The molecule has 2 rings (SSSR count). The molecule has 13 heavy (non-hydrogen) atoms. The molecule has 0 unspecified atom stereocenters. The summed E-state index contributed by atoms with van der Waals surface area (Å²) in [5.41, 5.74) is 3.96. The lowest BCUT2D eigenvalue weighted by molar-refractivity contribution is 0.842. The molecule has 1 aromatic rings. The first-order chi connectivity index (χ1) is 6.42. The van der Waals surface area contributed by atoms with Crippen LogP contribution >= 0.6 is 0 Å². The van der Waals surface area contributed by atoms with Gasteiger partial charge in [-0.25, -0.2) is 4.99 Å². The molecule has 1 aliphatic rings. The molecule has 0 aliphatic carbocycles. The van der Waals surface area contributed by atoms with Crippen LogP contribution in [0.5, 0.6) is 0 Å². The summed E-state index contributed by atoms with van der Waals surface area (Å²) in [6, 6.07) is 4.01. The molecular weight excluding hydrogens is 162 g/mol. The summed E-state index contributed by atoms with van der Waals surface area (Å²) in [5.74, 6) is 0.822. The molecule has 3 nitrogen and oxygen atoms in total. The van der Waals surface area contributed by atoms with Gasteiger partial charge >= 0.3 is 0 Å². The number of allylic oxidation sites excluding steroid dienone is 1. The minimum Gasteiger partial charge on any atom is -0.319 e. The van der Waals surface area contributed by atoms with Gasteiger partial charge < -0.3 is 4.57 Å². The number of rotatable bonds is 1. The highest BCUT2D eigenvalue weighted by atomic mass is 15.1.